The van der Waals surface area contributed by atoms with E-state index >= 15 is 0 Å². The maximum Gasteiger partial charge on any atom is 0.322 e. The predicted molar refractivity (Wildman–Crippen MR) is 61.4 cm³/mol. The van der Waals surface area contributed by atoms with Gasteiger partial charge in [0.15, 0.2) is 0 Å². The van der Waals surface area contributed by atoms with Gasteiger partial charge in [-0.2, -0.15) is 5.10 Å². The van der Waals surface area contributed by atoms with Gasteiger partial charge < -0.3 is 10.4 Å². The molecule has 90 valence electrons. The van der Waals surface area contributed by atoms with Gasteiger partial charge in [0.2, 0.25) is 0 Å². The molecular formula is C11H19N3O2. The lowest BCUT2D eigenvalue weighted by Crippen LogP contribution is -2.43. The van der Waals surface area contributed by atoms with Gasteiger partial charge in [-0.1, -0.05) is 6.92 Å². The number of hydrogen-bond acceptors (Lipinski definition) is 3. The van der Waals surface area contributed by atoms with E-state index in [1.807, 2.05) is 27.0 Å². The second kappa shape index (κ2) is 5.65. The molecule has 0 aliphatic carbocycles. The lowest BCUT2D eigenvalue weighted by Gasteiger charge is -2.21. The van der Waals surface area contributed by atoms with E-state index in [2.05, 4.69) is 10.4 Å². The Morgan fingerprint density at radius 3 is 2.81 bits per heavy atom. The van der Waals surface area contributed by atoms with Crippen molar-refractivity contribution in [2.45, 2.75) is 39.3 Å². The minimum atomic E-state index is -0.839. The molecular weight excluding hydrogens is 206 g/mol. The minimum Gasteiger partial charge on any atom is -0.480 e. The lowest BCUT2D eigenvalue weighted by atomic mass is 10.1. The zero-order valence-corrected chi connectivity index (χ0v) is 9.97. The molecule has 0 amide bonds. The normalized spacial score (nSPS) is 14.7. The Morgan fingerprint density at radius 2 is 2.38 bits per heavy atom. The third kappa shape index (κ3) is 3.06. The maximum absolute atomic E-state index is 11.1. The second-order valence-electron chi connectivity index (χ2n) is 4.01. The molecule has 0 saturated heterocycles. The highest BCUT2D eigenvalue weighted by molar-refractivity contribution is 5.74. The Kier molecular flexibility index (Phi) is 4.49. The lowest BCUT2D eigenvalue weighted by molar-refractivity contribution is -0.140. The number of aliphatic carboxylic acids is 1. The highest BCUT2D eigenvalue weighted by Crippen LogP contribution is 2.11. The molecule has 1 heterocycles. The van der Waals surface area contributed by atoms with Crippen molar-refractivity contribution in [3.05, 3.63) is 18.0 Å². The zero-order chi connectivity index (χ0) is 12.1. The van der Waals surface area contributed by atoms with E-state index in [9.17, 15) is 4.79 Å². The van der Waals surface area contributed by atoms with Crippen molar-refractivity contribution < 1.29 is 9.90 Å². The first kappa shape index (κ1) is 12.7. The number of rotatable bonds is 6. The molecule has 1 aromatic heterocycles. The van der Waals surface area contributed by atoms with Crippen LogP contribution in [0.3, 0.4) is 0 Å². The van der Waals surface area contributed by atoms with E-state index < -0.39 is 12.0 Å². The molecule has 16 heavy (non-hydrogen) atoms. The first-order valence-corrected chi connectivity index (χ1v) is 5.53. The summed E-state index contributed by atoms with van der Waals surface area (Å²) in [7, 11) is 0. The molecule has 0 bridgehead atoms. The molecule has 2 unspecified atom stereocenters. The molecule has 5 heteroatoms. The summed E-state index contributed by atoms with van der Waals surface area (Å²) >= 11 is 0. The van der Waals surface area contributed by atoms with E-state index in [-0.39, 0.29) is 6.04 Å². The Morgan fingerprint density at radius 1 is 1.69 bits per heavy atom. The van der Waals surface area contributed by atoms with Gasteiger partial charge in [0.25, 0.3) is 0 Å². The van der Waals surface area contributed by atoms with Crippen molar-refractivity contribution in [2.75, 3.05) is 6.54 Å². The van der Waals surface area contributed by atoms with E-state index in [0.29, 0.717) is 6.54 Å². The summed E-state index contributed by atoms with van der Waals surface area (Å²) in [6.07, 6.45) is 4.50. The number of carbonyl (C=O) groups is 1. The van der Waals surface area contributed by atoms with E-state index in [4.69, 9.17) is 5.11 Å². The van der Waals surface area contributed by atoms with Crippen molar-refractivity contribution >= 4 is 5.97 Å². The molecule has 1 aromatic rings. The monoisotopic (exact) mass is 225 g/mol. The van der Waals surface area contributed by atoms with Gasteiger partial charge in [-0.3, -0.25) is 9.48 Å². The van der Waals surface area contributed by atoms with Gasteiger partial charge in [0, 0.05) is 6.20 Å². The maximum atomic E-state index is 11.1. The molecule has 0 aliphatic heterocycles. The van der Waals surface area contributed by atoms with Crippen molar-refractivity contribution in [1.29, 1.82) is 0 Å². The average Bonchev–Trinajstić information content (AvgIpc) is 2.64. The molecule has 1 rings (SSSR count). The van der Waals surface area contributed by atoms with Crippen LogP contribution < -0.4 is 5.32 Å². The molecule has 0 spiro atoms. The fourth-order valence-corrected chi connectivity index (χ4v) is 1.57. The summed E-state index contributed by atoms with van der Waals surface area (Å²) in [5.74, 6) is -0.839. The van der Waals surface area contributed by atoms with Crippen molar-refractivity contribution in [3.63, 3.8) is 0 Å². The summed E-state index contributed by atoms with van der Waals surface area (Å²) < 4.78 is 1.69. The van der Waals surface area contributed by atoms with Crippen LogP contribution in [0.15, 0.2) is 12.4 Å². The summed E-state index contributed by atoms with van der Waals surface area (Å²) in [6.45, 7) is 6.50. The van der Waals surface area contributed by atoms with Gasteiger partial charge in [-0.25, -0.2) is 0 Å². The average molecular weight is 225 g/mol. The molecule has 0 aromatic carbocycles. The van der Waals surface area contributed by atoms with Gasteiger partial charge in [-0.05, 0) is 32.4 Å². The highest BCUT2D eigenvalue weighted by atomic mass is 16.4. The number of aromatic nitrogens is 2. The minimum absolute atomic E-state index is 0.197. The smallest absolute Gasteiger partial charge is 0.322 e. The number of carboxylic acid groups (broad SMARTS) is 1. The predicted octanol–water partition coefficient (Wildman–Crippen LogP) is 1.21. The molecule has 0 aliphatic rings. The van der Waals surface area contributed by atoms with Crippen LogP contribution in [-0.4, -0.2) is 33.4 Å². The van der Waals surface area contributed by atoms with Crippen molar-refractivity contribution in [3.8, 4) is 0 Å². The first-order chi connectivity index (χ1) is 7.56. The highest BCUT2D eigenvalue weighted by Gasteiger charge is 2.25. The summed E-state index contributed by atoms with van der Waals surface area (Å²) in [5.41, 5.74) is 1.03. The third-order valence-electron chi connectivity index (χ3n) is 2.51. The number of carboxylic acids is 1. The largest absolute Gasteiger partial charge is 0.480 e. The molecule has 2 N–H and O–H groups in total. The summed E-state index contributed by atoms with van der Waals surface area (Å²) in [4.78, 5) is 11.1. The van der Waals surface area contributed by atoms with E-state index in [0.717, 1.165) is 12.0 Å². The standard InChI is InChI=1S/C11H19N3O2/c1-4-5-12-10(11(15)16)9(3)14-7-8(2)6-13-14/h6-7,9-10,12H,4-5H2,1-3H3,(H,15,16). The first-order valence-electron chi connectivity index (χ1n) is 5.53. The summed E-state index contributed by atoms with van der Waals surface area (Å²) in [5, 5.41) is 16.3. The van der Waals surface area contributed by atoms with Crippen LogP contribution in [0.5, 0.6) is 0 Å². The Bertz CT molecular complexity index is 349. The zero-order valence-electron chi connectivity index (χ0n) is 9.97. The van der Waals surface area contributed by atoms with Crippen LogP contribution in [0, 0.1) is 6.92 Å². The third-order valence-corrected chi connectivity index (χ3v) is 2.51. The van der Waals surface area contributed by atoms with Crippen LogP contribution in [0.2, 0.25) is 0 Å². The fourth-order valence-electron chi connectivity index (χ4n) is 1.57. The molecule has 0 fully saturated rings. The van der Waals surface area contributed by atoms with Gasteiger partial charge in [0.05, 0.1) is 12.2 Å². The van der Waals surface area contributed by atoms with E-state index in [1.165, 1.54) is 0 Å². The number of nitrogens with zero attached hydrogens (tertiary/aromatic N) is 2. The number of aryl methyl sites for hydroxylation is 1. The summed E-state index contributed by atoms with van der Waals surface area (Å²) in [6, 6.07) is -0.794. The Balaban J connectivity index is 2.74. The molecule has 0 saturated carbocycles. The SMILES string of the molecule is CCCNC(C(=O)O)C(C)n1cc(C)cn1. The Labute approximate surface area is 95.5 Å². The topological polar surface area (TPSA) is 67.2 Å². The van der Waals surface area contributed by atoms with Crippen LogP contribution in [-0.2, 0) is 4.79 Å². The van der Waals surface area contributed by atoms with Crippen LogP contribution in [0.4, 0.5) is 0 Å². The van der Waals surface area contributed by atoms with Crippen molar-refractivity contribution in [2.24, 2.45) is 0 Å². The van der Waals surface area contributed by atoms with Gasteiger partial charge in [0.1, 0.15) is 6.04 Å². The molecule has 0 radical (unpaired) electrons. The van der Waals surface area contributed by atoms with E-state index in [1.54, 1.807) is 10.9 Å². The van der Waals surface area contributed by atoms with Gasteiger partial charge >= 0.3 is 5.97 Å². The van der Waals surface area contributed by atoms with Crippen LogP contribution in [0.25, 0.3) is 0 Å². The quantitative estimate of drug-likeness (QED) is 0.763. The van der Waals surface area contributed by atoms with Crippen LogP contribution >= 0.6 is 0 Å². The van der Waals surface area contributed by atoms with Crippen LogP contribution in [0.1, 0.15) is 31.9 Å². The van der Waals surface area contributed by atoms with Crippen molar-refractivity contribution in [1.82, 2.24) is 15.1 Å². The number of nitrogens with one attached hydrogen (secondary N) is 1. The second-order valence-corrected chi connectivity index (χ2v) is 4.01. The molecule has 2 atom stereocenters. The Hall–Kier alpha value is -1.36. The fraction of sp³-hybridized carbons (Fsp3) is 0.636. The molecule has 5 nitrogen and oxygen atoms in total. The number of hydrogen-bond donors (Lipinski definition) is 2. The van der Waals surface area contributed by atoms with Gasteiger partial charge in [-0.15, -0.1) is 0 Å².